The van der Waals surface area contributed by atoms with Gasteiger partial charge in [-0.3, -0.25) is 5.10 Å². The molecule has 18 heavy (non-hydrogen) atoms. The number of hydrogen-bond donors (Lipinski definition) is 2. The van der Waals surface area contributed by atoms with Gasteiger partial charge in [-0.05, 0) is 29.9 Å². The second-order valence-corrected chi connectivity index (χ2v) is 5.48. The largest absolute Gasteiger partial charge is 0.490 e. The van der Waals surface area contributed by atoms with Crippen LogP contribution in [0.1, 0.15) is 6.42 Å². The first-order valence-corrected chi connectivity index (χ1v) is 7.12. The van der Waals surface area contributed by atoms with Crippen molar-refractivity contribution in [3.8, 4) is 16.9 Å². The molecule has 2 heterocycles. The van der Waals surface area contributed by atoms with Crippen molar-refractivity contribution in [1.82, 2.24) is 10.2 Å². The summed E-state index contributed by atoms with van der Waals surface area (Å²) in [5.74, 6) is 3.81. The average Bonchev–Trinajstić information content (AvgIpc) is 3.02. The molecule has 3 rings (SSSR count). The third-order valence-electron chi connectivity index (χ3n) is 3.02. The standard InChI is InChI=1S/C13H15N3OS/c14-13-12(7-15-16-13)9-1-3-10(4-2-9)17-11-5-6-18-8-11/h1-4,7,11H,5-6,8H2,(H3,14,15,16). The molecule has 1 aliphatic heterocycles. The summed E-state index contributed by atoms with van der Waals surface area (Å²) in [5, 5.41) is 6.65. The minimum absolute atomic E-state index is 0.361. The van der Waals surface area contributed by atoms with E-state index in [-0.39, 0.29) is 0 Å². The maximum Gasteiger partial charge on any atom is 0.126 e. The van der Waals surface area contributed by atoms with Crippen LogP contribution in [0.2, 0.25) is 0 Å². The first-order valence-electron chi connectivity index (χ1n) is 5.96. The van der Waals surface area contributed by atoms with E-state index >= 15 is 0 Å². The molecule has 94 valence electrons. The molecule has 2 aromatic rings. The Morgan fingerprint density at radius 3 is 2.78 bits per heavy atom. The monoisotopic (exact) mass is 261 g/mol. The van der Waals surface area contributed by atoms with E-state index in [0.29, 0.717) is 11.9 Å². The summed E-state index contributed by atoms with van der Waals surface area (Å²) < 4.78 is 5.90. The van der Waals surface area contributed by atoms with Crippen LogP contribution < -0.4 is 10.5 Å². The van der Waals surface area contributed by atoms with Crippen LogP contribution in [0.3, 0.4) is 0 Å². The second kappa shape index (κ2) is 4.94. The van der Waals surface area contributed by atoms with Crippen LogP contribution in [0.25, 0.3) is 11.1 Å². The van der Waals surface area contributed by atoms with Crippen molar-refractivity contribution in [3.05, 3.63) is 30.5 Å². The fourth-order valence-electron chi connectivity index (χ4n) is 2.04. The summed E-state index contributed by atoms with van der Waals surface area (Å²) >= 11 is 1.95. The summed E-state index contributed by atoms with van der Waals surface area (Å²) in [6.07, 6.45) is 3.24. The van der Waals surface area contributed by atoms with E-state index in [4.69, 9.17) is 10.5 Å². The lowest BCUT2D eigenvalue weighted by Crippen LogP contribution is -2.14. The van der Waals surface area contributed by atoms with Gasteiger partial charge < -0.3 is 10.5 Å². The highest BCUT2D eigenvalue weighted by Crippen LogP contribution is 2.27. The van der Waals surface area contributed by atoms with Crippen molar-refractivity contribution in [2.75, 3.05) is 17.2 Å². The van der Waals surface area contributed by atoms with Crippen LogP contribution in [-0.4, -0.2) is 27.8 Å². The zero-order chi connectivity index (χ0) is 12.4. The van der Waals surface area contributed by atoms with Gasteiger partial charge in [0.05, 0.1) is 6.20 Å². The molecule has 0 bridgehead atoms. The van der Waals surface area contributed by atoms with Crippen molar-refractivity contribution in [1.29, 1.82) is 0 Å². The zero-order valence-corrected chi connectivity index (χ0v) is 10.7. The fraction of sp³-hybridized carbons (Fsp3) is 0.308. The molecule has 0 amide bonds. The lowest BCUT2D eigenvalue weighted by molar-refractivity contribution is 0.229. The van der Waals surface area contributed by atoms with Crippen LogP contribution in [0.5, 0.6) is 5.75 Å². The van der Waals surface area contributed by atoms with Crippen molar-refractivity contribution in [3.63, 3.8) is 0 Å². The summed E-state index contributed by atoms with van der Waals surface area (Å²) in [6, 6.07) is 8.01. The van der Waals surface area contributed by atoms with Gasteiger partial charge >= 0.3 is 0 Å². The molecule has 1 aromatic carbocycles. The normalized spacial score (nSPS) is 19.0. The average molecular weight is 261 g/mol. The summed E-state index contributed by atoms with van der Waals surface area (Å²) in [6.45, 7) is 0. The highest BCUT2D eigenvalue weighted by atomic mass is 32.2. The molecular formula is C13H15N3OS. The van der Waals surface area contributed by atoms with Gasteiger partial charge in [0.25, 0.3) is 0 Å². The number of hydrogen-bond acceptors (Lipinski definition) is 4. The predicted octanol–water partition coefficient (Wildman–Crippen LogP) is 2.54. The van der Waals surface area contributed by atoms with Gasteiger partial charge in [-0.25, -0.2) is 0 Å². The highest BCUT2D eigenvalue weighted by Gasteiger charge is 2.16. The number of thioether (sulfide) groups is 1. The molecular weight excluding hydrogens is 246 g/mol. The molecule has 0 saturated carbocycles. The van der Waals surface area contributed by atoms with Crippen molar-refractivity contribution >= 4 is 17.6 Å². The van der Waals surface area contributed by atoms with E-state index in [0.717, 1.165) is 29.1 Å². The van der Waals surface area contributed by atoms with Crippen LogP contribution in [-0.2, 0) is 0 Å². The number of aromatic nitrogens is 2. The number of ether oxygens (including phenoxy) is 1. The maximum absolute atomic E-state index is 5.90. The van der Waals surface area contributed by atoms with Crippen LogP contribution in [0, 0.1) is 0 Å². The third-order valence-corrected chi connectivity index (χ3v) is 4.16. The van der Waals surface area contributed by atoms with Crippen LogP contribution >= 0.6 is 11.8 Å². The van der Waals surface area contributed by atoms with Crippen molar-refractivity contribution < 1.29 is 4.74 Å². The Balaban J connectivity index is 1.74. The number of anilines is 1. The smallest absolute Gasteiger partial charge is 0.126 e. The lowest BCUT2D eigenvalue weighted by Gasteiger charge is -2.12. The first-order chi connectivity index (χ1) is 8.83. The third kappa shape index (κ3) is 2.31. The number of rotatable bonds is 3. The van der Waals surface area contributed by atoms with E-state index < -0.39 is 0 Å². The van der Waals surface area contributed by atoms with Crippen molar-refractivity contribution in [2.24, 2.45) is 0 Å². The Morgan fingerprint density at radius 2 is 2.17 bits per heavy atom. The minimum atomic E-state index is 0.361. The number of nitrogens with two attached hydrogens (primary N) is 1. The zero-order valence-electron chi connectivity index (χ0n) is 9.93. The van der Waals surface area contributed by atoms with E-state index in [2.05, 4.69) is 10.2 Å². The molecule has 0 radical (unpaired) electrons. The van der Waals surface area contributed by atoms with Gasteiger partial charge in [0.15, 0.2) is 0 Å². The van der Waals surface area contributed by atoms with Gasteiger partial charge in [0.2, 0.25) is 0 Å². The highest BCUT2D eigenvalue weighted by molar-refractivity contribution is 7.99. The maximum atomic E-state index is 5.90. The van der Waals surface area contributed by atoms with Gasteiger partial charge in [-0.1, -0.05) is 12.1 Å². The number of nitrogen functional groups attached to an aromatic ring is 1. The second-order valence-electron chi connectivity index (χ2n) is 4.33. The predicted molar refractivity (Wildman–Crippen MR) is 74.8 cm³/mol. The number of nitrogens with one attached hydrogen (secondary N) is 1. The van der Waals surface area contributed by atoms with E-state index in [1.165, 1.54) is 5.75 Å². The van der Waals surface area contributed by atoms with Gasteiger partial charge in [0, 0.05) is 11.3 Å². The quantitative estimate of drug-likeness (QED) is 0.891. The number of benzene rings is 1. The van der Waals surface area contributed by atoms with Crippen LogP contribution in [0.15, 0.2) is 30.5 Å². The van der Waals surface area contributed by atoms with E-state index in [1.807, 2.05) is 36.0 Å². The molecule has 1 saturated heterocycles. The summed E-state index contributed by atoms with van der Waals surface area (Å²) in [4.78, 5) is 0. The molecule has 1 aromatic heterocycles. The van der Waals surface area contributed by atoms with Gasteiger partial charge in [0.1, 0.15) is 17.7 Å². The molecule has 0 aliphatic carbocycles. The Morgan fingerprint density at radius 1 is 1.33 bits per heavy atom. The molecule has 3 N–H and O–H groups in total. The molecule has 1 fully saturated rings. The number of nitrogens with zero attached hydrogens (tertiary/aromatic N) is 1. The SMILES string of the molecule is Nc1[nH]ncc1-c1ccc(OC2CCSC2)cc1. The van der Waals surface area contributed by atoms with Crippen LogP contribution in [0.4, 0.5) is 5.82 Å². The Kier molecular flexibility index (Phi) is 3.15. The molecule has 1 aliphatic rings. The lowest BCUT2D eigenvalue weighted by atomic mass is 10.1. The summed E-state index contributed by atoms with van der Waals surface area (Å²) in [7, 11) is 0. The van der Waals surface area contributed by atoms with E-state index in [1.54, 1.807) is 6.20 Å². The first kappa shape index (κ1) is 11.5. The van der Waals surface area contributed by atoms with Gasteiger partial charge in [-0.15, -0.1) is 0 Å². The molecule has 1 unspecified atom stereocenters. The Hall–Kier alpha value is -1.62. The molecule has 4 nitrogen and oxygen atoms in total. The molecule has 1 atom stereocenters. The topological polar surface area (TPSA) is 63.9 Å². The van der Waals surface area contributed by atoms with Crippen molar-refractivity contribution in [2.45, 2.75) is 12.5 Å². The number of aromatic amines is 1. The molecule has 0 spiro atoms. The number of H-pyrrole nitrogens is 1. The Labute approximate surface area is 110 Å². The minimum Gasteiger partial charge on any atom is -0.490 e. The molecule has 5 heteroatoms. The Bertz CT molecular complexity index is 517. The van der Waals surface area contributed by atoms with Gasteiger partial charge in [-0.2, -0.15) is 16.9 Å². The fourth-order valence-corrected chi connectivity index (χ4v) is 3.13. The van der Waals surface area contributed by atoms with E-state index in [9.17, 15) is 0 Å². The summed E-state index contributed by atoms with van der Waals surface area (Å²) in [5.41, 5.74) is 7.77.